The highest BCUT2D eigenvalue weighted by Crippen LogP contribution is 2.44. The van der Waals surface area contributed by atoms with E-state index in [1.807, 2.05) is 0 Å². The van der Waals surface area contributed by atoms with Crippen LogP contribution in [0.4, 0.5) is 5.69 Å². The van der Waals surface area contributed by atoms with Crippen molar-refractivity contribution in [2.24, 2.45) is 0 Å². The number of likely N-dealkylation sites (N-methyl/N-ethyl adjacent to an activating group) is 1. The van der Waals surface area contributed by atoms with Crippen molar-refractivity contribution in [3.05, 3.63) is 62.6 Å². The van der Waals surface area contributed by atoms with Crippen molar-refractivity contribution in [1.82, 2.24) is 15.1 Å². The van der Waals surface area contributed by atoms with Gasteiger partial charge in [0.25, 0.3) is 5.91 Å². The number of rotatable bonds is 4. The smallest absolute Gasteiger partial charge is 0.259 e. The van der Waals surface area contributed by atoms with Gasteiger partial charge in [-0.2, -0.15) is 0 Å². The molecule has 2 N–H and O–H groups in total. The minimum atomic E-state index is -1.42. The molecular weight excluding hydrogens is 447 g/mol. The maximum absolute atomic E-state index is 13.3. The van der Waals surface area contributed by atoms with Gasteiger partial charge in [0, 0.05) is 42.5 Å². The lowest BCUT2D eigenvalue weighted by atomic mass is 9.83. The topological polar surface area (TPSA) is 64.7 Å². The van der Waals surface area contributed by atoms with E-state index in [1.54, 1.807) is 36.4 Å². The molecule has 2 aromatic rings. The van der Waals surface area contributed by atoms with Crippen molar-refractivity contribution in [2.75, 3.05) is 45.1 Å². The van der Waals surface area contributed by atoms with Crippen LogP contribution in [-0.4, -0.2) is 61.4 Å². The molecule has 0 bridgehead atoms. The van der Waals surface area contributed by atoms with E-state index < -0.39 is 5.54 Å². The number of piperazine rings is 1. The van der Waals surface area contributed by atoms with Crippen LogP contribution in [0.15, 0.2) is 36.4 Å². The lowest BCUT2D eigenvalue weighted by Gasteiger charge is -2.34. The summed E-state index contributed by atoms with van der Waals surface area (Å²) in [6.45, 7) is 3.58. The molecule has 158 valence electrons. The van der Waals surface area contributed by atoms with E-state index in [4.69, 9.17) is 34.8 Å². The SMILES string of the molecule is CN1CCN(CC(=O)N[C@]2(c3ccc(Cl)cc3)C(=O)Nc3cc(Cl)c(Cl)cc32)CC1. The Balaban J connectivity index is 1.71. The molecule has 0 spiro atoms. The highest BCUT2D eigenvalue weighted by Gasteiger charge is 2.50. The molecule has 1 atom stereocenters. The average molecular weight is 468 g/mol. The van der Waals surface area contributed by atoms with Gasteiger partial charge in [0.05, 0.1) is 16.6 Å². The van der Waals surface area contributed by atoms with E-state index in [9.17, 15) is 9.59 Å². The summed E-state index contributed by atoms with van der Waals surface area (Å²) in [5.41, 5.74) is 0.242. The van der Waals surface area contributed by atoms with Crippen LogP contribution in [0, 0.1) is 0 Å². The van der Waals surface area contributed by atoms with Crippen LogP contribution in [0.2, 0.25) is 15.1 Å². The summed E-state index contributed by atoms with van der Waals surface area (Å²) >= 11 is 18.5. The molecule has 0 unspecified atom stereocenters. The molecule has 0 aromatic heterocycles. The Morgan fingerprint density at radius 2 is 1.70 bits per heavy atom. The third-order valence-electron chi connectivity index (χ3n) is 5.62. The minimum absolute atomic E-state index is 0.202. The van der Waals surface area contributed by atoms with E-state index >= 15 is 0 Å². The first-order valence-electron chi connectivity index (χ1n) is 9.58. The Hall–Kier alpha value is -1.83. The summed E-state index contributed by atoms with van der Waals surface area (Å²) in [4.78, 5) is 30.6. The van der Waals surface area contributed by atoms with Gasteiger partial charge in [0.1, 0.15) is 0 Å². The summed E-state index contributed by atoms with van der Waals surface area (Å²) in [6, 6.07) is 10.1. The highest BCUT2D eigenvalue weighted by atomic mass is 35.5. The fourth-order valence-corrected chi connectivity index (χ4v) is 4.39. The molecule has 1 saturated heterocycles. The van der Waals surface area contributed by atoms with Crippen molar-refractivity contribution in [1.29, 1.82) is 0 Å². The standard InChI is InChI=1S/C21H21Cl3N4O2/c1-27-6-8-28(9-7-27)12-19(29)26-21(13-2-4-14(22)5-3-13)15-10-16(23)17(24)11-18(15)25-20(21)30/h2-5,10-11H,6-9,12H2,1H3,(H,25,30)(H,26,29)/t21-/m0/s1. The highest BCUT2D eigenvalue weighted by molar-refractivity contribution is 6.42. The second-order valence-electron chi connectivity index (χ2n) is 7.65. The quantitative estimate of drug-likeness (QED) is 0.725. The Morgan fingerprint density at radius 1 is 1.07 bits per heavy atom. The molecule has 0 aliphatic carbocycles. The average Bonchev–Trinajstić information content (AvgIpc) is 2.96. The van der Waals surface area contributed by atoms with Gasteiger partial charge in [-0.1, -0.05) is 46.9 Å². The number of halogens is 3. The lowest BCUT2D eigenvalue weighted by molar-refractivity contribution is -0.129. The Bertz CT molecular complexity index is 990. The van der Waals surface area contributed by atoms with E-state index in [1.165, 1.54) is 0 Å². The van der Waals surface area contributed by atoms with Crippen LogP contribution in [0.25, 0.3) is 0 Å². The Morgan fingerprint density at radius 3 is 2.37 bits per heavy atom. The van der Waals surface area contributed by atoms with Crippen LogP contribution >= 0.6 is 34.8 Å². The second-order valence-corrected chi connectivity index (χ2v) is 8.90. The maximum atomic E-state index is 13.3. The van der Waals surface area contributed by atoms with Gasteiger partial charge in [-0.3, -0.25) is 14.5 Å². The van der Waals surface area contributed by atoms with Gasteiger partial charge in [-0.05, 0) is 36.9 Å². The summed E-state index contributed by atoms with van der Waals surface area (Å²) < 4.78 is 0. The molecule has 9 heteroatoms. The summed E-state index contributed by atoms with van der Waals surface area (Å²) in [5, 5.41) is 6.98. The summed E-state index contributed by atoms with van der Waals surface area (Å²) in [5.74, 6) is -0.617. The molecule has 0 saturated carbocycles. The number of hydrogen-bond donors (Lipinski definition) is 2. The van der Waals surface area contributed by atoms with Crippen LogP contribution in [0.1, 0.15) is 11.1 Å². The van der Waals surface area contributed by atoms with Crippen molar-refractivity contribution >= 4 is 52.3 Å². The predicted octanol–water partition coefficient (Wildman–Crippen LogP) is 3.21. The van der Waals surface area contributed by atoms with E-state index in [2.05, 4.69) is 27.5 Å². The molecule has 2 aliphatic rings. The van der Waals surface area contributed by atoms with Gasteiger partial charge < -0.3 is 15.5 Å². The van der Waals surface area contributed by atoms with E-state index in [-0.39, 0.29) is 18.4 Å². The molecule has 0 radical (unpaired) electrons. The molecular formula is C21H21Cl3N4O2. The number of nitrogens with one attached hydrogen (secondary N) is 2. The number of hydrogen-bond acceptors (Lipinski definition) is 4. The number of fused-ring (bicyclic) bond motifs is 1. The van der Waals surface area contributed by atoms with Crippen molar-refractivity contribution in [3.63, 3.8) is 0 Å². The number of carbonyl (C=O) groups is 2. The molecule has 2 aliphatic heterocycles. The summed E-state index contributed by atoms with van der Waals surface area (Å²) in [7, 11) is 2.06. The fraction of sp³-hybridized carbons (Fsp3) is 0.333. The Labute approximate surface area is 190 Å². The number of carbonyl (C=O) groups excluding carboxylic acids is 2. The third-order valence-corrected chi connectivity index (χ3v) is 6.59. The van der Waals surface area contributed by atoms with E-state index in [0.29, 0.717) is 31.9 Å². The first-order valence-corrected chi connectivity index (χ1v) is 10.7. The van der Waals surface area contributed by atoms with Gasteiger partial charge in [-0.25, -0.2) is 0 Å². The van der Waals surface area contributed by atoms with Gasteiger partial charge in [0.2, 0.25) is 5.91 Å². The normalized spacial score (nSPS) is 21.9. The van der Waals surface area contributed by atoms with Crippen molar-refractivity contribution < 1.29 is 9.59 Å². The molecule has 2 heterocycles. The van der Waals surface area contributed by atoms with Gasteiger partial charge in [-0.15, -0.1) is 0 Å². The fourth-order valence-electron chi connectivity index (χ4n) is 3.94. The minimum Gasteiger partial charge on any atom is -0.333 e. The number of anilines is 1. The lowest BCUT2D eigenvalue weighted by Crippen LogP contribution is -2.55. The Kier molecular flexibility index (Phi) is 5.97. The van der Waals surface area contributed by atoms with Crippen LogP contribution in [0.3, 0.4) is 0 Å². The van der Waals surface area contributed by atoms with E-state index in [0.717, 1.165) is 26.2 Å². The zero-order valence-electron chi connectivity index (χ0n) is 16.3. The van der Waals surface area contributed by atoms with Gasteiger partial charge in [0.15, 0.2) is 5.54 Å². The second kappa shape index (κ2) is 8.36. The third kappa shape index (κ3) is 3.90. The molecule has 4 rings (SSSR count). The number of benzene rings is 2. The monoisotopic (exact) mass is 466 g/mol. The molecule has 6 nitrogen and oxygen atoms in total. The molecule has 2 aromatic carbocycles. The summed E-state index contributed by atoms with van der Waals surface area (Å²) in [6.07, 6.45) is 0. The zero-order chi connectivity index (χ0) is 21.5. The van der Waals surface area contributed by atoms with Crippen molar-refractivity contribution in [2.45, 2.75) is 5.54 Å². The first-order chi connectivity index (χ1) is 14.3. The predicted molar refractivity (Wildman–Crippen MR) is 119 cm³/mol. The molecule has 1 fully saturated rings. The van der Waals surface area contributed by atoms with Gasteiger partial charge >= 0.3 is 0 Å². The maximum Gasteiger partial charge on any atom is 0.259 e. The zero-order valence-corrected chi connectivity index (χ0v) is 18.6. The first kappa shape index (κ1) is 21.4. The number of nitrogens with zero attached hydrogens (tertiary/aromatic N) is 2. The van der Waals surface area contributed by atoms with Crippen LogP contribution < -0.4 is 10.6 Å². The van der Waals surface area contributed by atoms with Crippen LogP contribution in [0.5, 0.6) is 0 Å². The van der Waals surface area contributed by atoms with Crippen LogP contribution in [-0.2, 0) is 15.1 Å². The van der Waals surface area contributed by atoms with Crippen molar-refractivity contribution in [3.8, 4) is 0 Å². The number of amides is 2. The molecule has 30 heavy (non-hydrogen) atoms. The molecule has 2 amide bonds. The largest absolute Gasteiger partial charge is 0.333 e.